The molecule has 0 spiro atoms. The first-order chi connectivity index (χ1) is 9.93. The summed E-state index contributed by atoms with van der Waals surface area (Å²) < 4.78 is 7.55. The fourth-order valence-corrected chi connectivity index (χ4v) is 2.30. The third-order valence-corrected chi connectivity index (χ3v) is 3.79. The van der Waals surface area contributed by atoms with Crippen molar-refractivity contribution in [2.24, 2.45) is 12.2 Å². The van der Waals surface area contributed by atoms with Gasteiger partial charge in [-0.3, -0.25) is 4.68 Å². The molecule has 0 radical (unpaired) electrons. The largest absolute Gasteiger partial charge is 0.487 e. The van der Waals surface area contributed by atoms with Crippen LogP contribution in [-0.2, 0) is 13.7 Å². The lowest BCUT2D eigenvalue weighted by Crippen LogP contribution is -2.06. The van der Waals surface area contributed by atoms with Crippen LogP contribution in [0.25, 0.3) is 0 Å². The molecule has 0 saturated carbocycles. The van der Waals surface area contributed by atoms with Crippen molar-refractivity contribution in [2.45, 2.75) is 27.4 Å². The molecule has 0 fully saturated rings. The van der Waals surface area contributed by atoms with Gasteiger partial charge >= 0.3 is 0 Å². The molecule has 1 aromatic carbocycles. The normalized spacial score (nSPS) is 11.8. The van der Waals surface area contributed by atoms with E-state index >= 15 is 0 Å². The monoisotopic (exact) mass is 307 g/mol. The quantitative estimate of drug-likeness (QED) is 0.534. The number of ether oxygens (including phenoxy) is 1. The highest BCUT2D eigenvalue weighted by Crippen LogP contribution is 2.25. The number of benzene rings is 1. The Bertz CT molecular complexity index is 692. The molecule has 0 aliphatic carbocycles. The minimum absolute atomic E-state index is 0.297. The van der Waals surface area contributed by atoms with Crippen molar-refractivity contribution in [3.63, 3.8) is 0 Å². The molecule has 6 heteroatoms. The van der Waals surface area contributed by atoms with Crippen LogP contribution in [0.15, 0.2) is 23.4 Å². The van der Waals surface area contributed by atoms with Crippen LogP contribution in [0.3, 0.4) is 0 Å². The SMILES string of the molecule is CC(=NO)c1cc(C)ccc1OCc1c(Cl)c(C)nn1C. The topological polar surface area (TPSA) is 59.6 Å². The highest BCUT2D eigenvalue weighted by atomic mass is 35.5. The van der Waals surface area contributed by atoms with E-state index in [2.05, 4.69) is 10.3 Å². The third-order valence-electron chi connectivity index (χ3n) is 3.30. The summed E-state index contributed by atoms with van der Waals surface area (Å²) in [5.74, 6) is 0.644. The Balaban J connectivity index is 2.28. The van der Waals surface area contributed by atoms with Crippen LogP contribution in [0, 0.1) is 13.8 Å². The minimum atomic E-state index is 0.297. The van der Waals surface area contributed by atoms with Crippen molar-refractivity contribution in [3.8, 4) is 5.75 Å². The molecule has 0 amide bonds. The molecule has 5 nitrogen and oxygen atoms in total. The Kier molecular flexibility index (Phi) is 4.53. The van der Waals surface area contributed by atoms with Gasteiger partial charge in [0.05, 0.1) is 22.1 Å². The van der Waals surface area contributed by atoms with E-state index in [0.29, 0.717) is 23.1 Å². The summed E-state index contributed by atoms with van der Waals surface area (Å²) in [6, 6.07) is 5.72. The van der Waals surface area contributed by atoms with E-state index in [0.717, 1.165) is 22.5 Å². The van der Waals surface area contributed by atoms with E-state index in [1.807, 2.05) is 39.1 Å². The summed E-state index contributed by atoms with van der Waals surface area (Å²) in [4.78, 5) is 0. The molecule has 0 atom stereocenters. The van der Waals surface area contributed by atoms with E-state index in [1.54, 1.807) is 11.6 Å². The molecular weight excluding hydrogens is 290 g/mol. The summed E-state index contributed by atoms with van der Waals surface area (Å²) in [5.41, 5.74) is 3.90. The number of hydrogen-bond acceptors (Lipinski definition) is 4. The van der Waals surface area contributed by atoms with E-state index in [4.69, 9.17) is 21.5 Å². The summed E-state index contributed by atoms with van der Waals surface area (Å²) in [5, 5.41) is 17.1. The first kappa shape index (κ1) is 15.4. The molecule has 21 heavy (non-hydrogen) atoms. The van der Waals surface area contributed by atoms with Crippen molar-refractivity contribution >= 4 is 17.3 Å². The van der Waals surface area contributed by atoms with E-state index in [1.165, 1.54) is 0 Å². The van der Waals surface area contributed by atoms with Crippen molar-refractivity contribution in [2.75, 3.05) is 0 Å². The molecule has 0 saturated heterocycles. The predicted octanol–water partition coefficient (Wildman–Crippen LogP) is 3.47. The maximum Gasteiger partial charge on any atom is 0.131 e. The van der Waals surface area contributed by atoms with Crippen molar-refractivity contribution in [3.05, 3.63) is 45.7 Å². The number of aromatic nitrogens is 2. The molecular formula is C15H18ClN3O2. The second-order valence-electron chi connectivity index (χ2n) is 4.94. The molecule has 0 aliphatic heterocycles. The zero-order valence-electron chi connectivity index (χ0n) is 12.5. The number of hydrogen-bond donors (Lipinski definition) is 1. The second-order valence-corrected chi connectivity index (χ2v) is 5.32. The Labute approximate surface area is 128 Å². The number of halogens is 1. The van der Waals surface area contributed by atoms with Crippen LogP contribution < -0.4 is 4.74 Å². The lowest BCUT2D eigenvalue weighted by molar-refractivity contribution is 0.293. The van der Waals surface area contributed by atoms with Crippen LogP contribution in [-0.4, -0.2) is 20.7 Å². The predicted molar refractivity (Wildman–Crippen MR) is 82.5 cm³/mol. The van der Waals surface area contributed by atoms with Crippen LogP contribution >= 0.6 is 11.6 Å². The average Bonchev–Trinajstić information content (AvgIpc) is 2.70. The highest BCUT2D eigenvalue weighted by molar-refractivity contribution is 6.31. The molecule has 2 rings (SSSR count). The highest BCUT2D eigenvalue weighted by Gasteiger charge is 2.13. The molecule has 1 N–H and O–H groups in total. The molecule has 0 unspecified atom stereocenters. The average molecular weight is 308 g/mol. The van der Waals surface area contributed by atoms with Crippen LogP contribution in [0.4, 0.5) is 0 Å². The Hall–Kier alpha value is -2.01. The molecule has 1 aromatic heterocycles. The first-order valence-corrected chi connectivity index (χ1v) is 6.92. The van der Waals surface area contributed by atoms with Gasteiger partial charge in [0, 0.05) is 12.6 Å². The molecule has 1 heterocycles. The molecule has 2 aromatic rings. The third kappa shape index (κ3) is 3.19. The second kappa shape index (κ2) is 6.18. The van der Waals surface area contributed by atoms with Crippen molar-refractivity contribution in [1.29, 1.82) is 0 Å². The zero-order chi connectivity index (χ0) is 15.6. The van der Waals surface area contributed by atoms with Gasteiger partial charge in [-0.15, -0.1) is 0 Å². The fraction of sp³-hybridized carbons (Fsp3) is 0.333. The van der Waals surface area contributed by atoms with E-state index < -0.39 is 0 Å². The fourth-order valence-electron chi connectivity index (χ4n) is 2.09. The Morgan fingerprint density at radius 2 is 2.14 bits per heavy atom. The van der Waals surface area contributed by atoms with Gasteiger partial charge in [0.15, 0.2) is 0 Å². The zero-order valence-corrected chi connectivity index (χ0v) is 13.3. The first-order valence-electron chi connectivity index (χ1n) is 6.54. The van der Waals surface area contributed by atoms with E-state index in [9.17, 15) is 0 Å². The van der Waals surface area contributed by atoms with Gasteiger partial charge in [0.1, 0.15) is 12.4 Å². The smallest absolute Gasteiger partial charge is 0.131 e. The van der Waals surface area contributed by atoms with Gasteiger partial charge in [-0.1, -0.05) is 28.4 Å². The Morgan fingerprint density at radius 3 is 2.71 bits per heavy atom. The van der Waals surface area contributed by atoms with Crippen LogP contribution in [0.1, 0.15) is 29.4 Å². The molecule has 0 bridgehead atoms. The van der Waals surface area contributed by atoms with E-state index in [-0.39, 0.29) is 0 Å². The lowest BCUT2D eigenvalue weighted by Gasteiger charge is -2.12. The summed E-state index contributed by atoms with van der Waals surface area (Å²) in [6.45, 7) is 5.85. The summed E-state index contributed by atoms with van der Waals surface area (Å²) in [7, 11) is 1.83. The van der Waals surface area contributed by atoms with Gasteiger partial charge in [-0.2, -0.15) is 5.10 Å². The van der Waals surface area contributed by atoms with Crippen LogP contribution in [0.5, 0.6) is 5.75 Å². The maximum absolute atomic E-state index is 8.98. The van der Waals surface area contributed by atoms with Crippen LogP contribution in [0.2, 0.25) is 5.02 Å². The minimum Gasteiger partial charge on any atom is -0.487 e. The lowest BCUT2D eigenvalue weighted by atomic mass is 10.1. The van der Waals surface area contributed by atoms with Gasteiger partial charge in [-0.05, 0) is 32.9 Å². The van der Waals surface area contributed by atoms with Gasteiger partial charge in [-0.25, -0.2) is 0 Å². The number of aryl methyl sites for hydroxylation is 3. The van der Waals surface area contributed by atoms with Crippen molar-refractivity contribution < 1.29 is 9.94 Å². The standard InChI is InChI=1S/C15H18ClN3O2/c1-9-5-6-14(12(7-9)10(2)18-20)21-8-13-15(16)11(3)17-19(13)4/h5-7,20H,8H2,1-4H3. The number of oxime groups is 1. The van der Waals surface area contributed by atoms with Gasteiger partial charge < -0.3 is 9.94 Å². The Morgan fingerprint density at radius 1 is 1.43 bits per heavy atom. The molecule has 112 valence electrons. The number of nitrogens with zero attached hydrogens (tertiary/aromatic N) is 3. The van der Waals surface area contributed by atoms with Gasteiger partial charge in [0.25, 0.3) is 0 Å². The number of rotatable bonds is 4. The maximum atomic E-state index is 8.98. The summed E-state index contributed by atoms with van der Waals surface area (Å²) in [6.07, 6.45) is 0. The van der Waals surface area contributed by atoms with Crippen molar-refractivity contribution in [1.82, 2.24) is 9.78 Å². The molecule has 0 aliphatic rings. The summed E-state index contributed by atoms with van der Waals surface area (Å²) >= 11 is 6.21. The van der Waals surface area contributed by atoms with Gasteiger partial charge in [0.2, 0.25) is 0 Å².